The molecule has 2 aromatic rings. The van der Waals surface area contributed by atoms with Crippen molar-refractivity contribution < 1.29 is 9.90 Å². The van der Waals surface area contributed by atoms with Gasteiger partial charge in [0.05, 0.1) is 13.1 Å². The van der Waals surface area contributed by atoms with Gasteiger partial charge in [-0.1, -0.05) is 38.1 Å². The number of rotatable bonds is 5. The molecule has 6 nitrogen and oxygen atoms in total. The lowest BCUT2D eigenvalue weighted by Gasteiger charge is -2.33. The van der Waals surface area contributed by atoms with Gasteiger partial charge in [-0.3, -0.25) is 9.69 Å². The molecule has 0 spiro atoms. The zero-order valence-electron chi connectivity index (χ0n) is 14.4. The zero-order valence-corrected chi connectivity index (χ0v) is 14.4. The largest absolute Gasteiger partial charge is 0.480 e. The maximum absolute atomic E-state index is 11.7. The predicted molar refractivity (Wildman–Crippen MR) is 90.4 cm³/mol. The minimum atomic E-state index is -0.801. The molecule has 0 amide bonds. The fourth-order valence-electron chi connectivity index (χ4n) is 3.25. The van der Waals surface area contributed by atoms with Crippen LogP contribution in [0.15, 0.2) is 24.3 Å². The molecule has 1 aliphatic rings. The zero-order chi connectivity index (χ0) is 17.3. The second-order valence-corrected chi connectivity index (χ2v) is 6.95. The van der Waals surface area contributed by atoms with Crippen molar-refractivity contribution in [3.05, 3.63) is 47.0 Å². The van der Waals surface area contributed by atoms with Crippen LogP contribution in [0.2, 0.25) is 0 Å². The Hall–Kier alpha value is -2.21. The van der Waals surface area contributed by atoms with E-state index >= 15 is 0 Å². The van der Waals surface area contributed by atoms with Crippen LogP contribution in [0.4, 0.5) is 0 Å². The standard InChI is InChI=1S/C18H24N4O2/c1-12(2)8-14-4-6-15(7-5-14)9-21-11-17-20-19-13(3)22(17)10-16(21)18(23)24/h4-7,12,16H,8-11H2,1-3H3,(H,23,24). The van der Waals surface area contributed by atoms with Gasteiger partial charge < -0.3 is 9.67 Å². The Morgan fingerprint density at radius 1 is 1.25 bits per heavy atom. The van der Waals surface area contributed by atoms with Gasteiger partial charge in [0.15, 0.2) is 0 Å². The van der Waals surface area contributed by atoms with Crippen LogP contribution in [-0.4, -0.2) is 36.8 Å². The first-order chi connectivity index (χ1) is 11.4. The Balaban J connectivity index is 1.76. The number of aromatic nitrogens is 3. The Morgan fingerprint density at radius 3 is 2.54 bits per heavy atom. The van der Waals surface area contributed by atoms with E-state index in [4.69, 9.17) is 0 Å². The van der Waals surface area contributed by atoms with Crippen LogP contribution in [0.5, 0.6) is 0 Å². The van der Waals surface area contributed by atoms with Crippen molar-refractivity contribution in [2.75, 3.05) is 0 Å². The van der Waals surface area contributed by atoms with E-state index in [2.05, 4.69) is 48.3 Å². The van der Waals surface area contributed by atoms with E-state index in [0.29, 0.717) is 25.6 Å². The van der Waals surface area contributed by atoms with E-state index in [1.165, 1.54) is 5.56 Å². The van der Waals surface area contributed by atoms with Crippen molar-refractivity contribution >= 4 is 5.97 Å². The van der Waals surface area contributed by atoms with Crippen molar-refractivity contribution in [1.82, 2.24) is 19.7 Å². The summed E-state index contributed by atoms with van der Waals surface area (Å²) in [6, 6.07) is 7.92. The lowest BCUT2D eigenvalue weighted by atomic mass is 10.0. The average Bonchev–Trinajstić information content (AvgIpc) is 2.88. The Bertz CT molecular complexity index is 721. The van der Waals surface area contributed by atoms with E-state index in [1.807, 2.05) is 16.4 Å². The molecule has 1 aliphatic heterocycles. The molecule has 2 heterocycles. The molecular formula is C18H24N4O2. The summed E-state index contributed by atoms with van der Waals surface area (Å²) in [6.45, 7) is 7.78. The number of benzene rings is 1. The highest BCUT2D eigenvalue weighted by molar-refractivity contribution is 5.73. The number of aryl methyl sites for hydroxylation is 1. The molecule has 1 atom stereocenters. The minimum absolute atomic E-state index is 0.398. The van der Waals surface area contributed by atoms with Gasteiger partial charge in [-0.2, -0.15) is 0 Å². The lowest BCUT2D eigenvalue weighted by Crippen LogP contribution is -2.47. The summed E-state index contributed by atoms with van der Waals surface area (Å²) in [5.74, 6) is 1.43. The number of carboxylic acid groups (broad SMARTS) is 1. The molecule has 128 valence electrons. The molecule has 1 unspecified atom stereocenters. The second kappa shape index (κ2) is 6.73. The molecule has 1 aromatic carbocycles. The number of hydrogen-bond acceptors (Lipinski definition) is 4. The van der Waals surface area contributed by atoms with Crippen LogP contribution in [0, 0.1) is 12.8 Å². The van der Waals surface area contributed by atoms with Gasteiger partial charge in [-0.05, 0) is 30.4 Å². The summed E-state index contributed by atoms with van der Waals surface area (Å²) >= 11 is 0. The third-order valence-corrected chi connectivity index (χ3v) is 4.49. The third kappa shape index (κ3) is 3.48. The van der Waals surface area contributed by atoms with E-state index in [9.17, 15) is 9.90 Å². The third-order valence-electron chi connectivity index (χ3n) is 4.49. The molecule has 1 N–H and O–H groups in total. The summed E-state index contributed by atoms with van der Waals surface area (Å²) in [5.41, 5.74) is 2.44. The van der Waals surface area contributed by atoms with Crippen LogP contribution in [0.1, 0.15) is 36.6 Å². The lowest BCUT2D eigenvalue weighted by molar-refractivity contribution is -0.145. The second-order valence-electron chi connectivity index (χ2n) is 6.95. The molecular weight excluding hydrogens is 304 g/mol. The van der Waals surface area contributed by atoms with Crippen LogP contribution in [0.25, 0.3) is 0 Å². The molecule has 0 fully saturated rings. The topological polar surface area (TPSA) is 71.2 Å². The molecule has 1 aromatic heterocycles. The molecule has 0 saturated heterocycles. The van der Waals surface area contributed by atoms with Crippen LogP contribution < -0.4 is 0 Å². The number of carbonyl (C=O) groups is 1. The monoisotopic (exact) mass is 328 g/mol. The van der Waals surface area contributed by atoms with E-state index in [0.717, 1.165) is 23.6 Å². The summed E-state index contributed by atoms with van der Waals surface area (Å²) in [5, 5.41) is 17.8. The SMILES string of the molecule is Cc1nnc2n1CC(C(=O)O)N(Cc1ccc(CC(C)C)cc1)C2. The first-order valence-corrected chi connectivity index (χ1v) is 8.37. The maximum atomic E-state index is 11.7. The van der Waals surface area contributed by atoms with E-state index in [1.54, 1.807) is 0 Å². The number of nitrogens with zero attached hydrogens (tertiary/aromatic N) is 4. The molecule has 6 heteroatoms. The normalized spacial score (nSPS) is 17.9. The van der Waals surface area contributed by atoms with Gasteiger partial charge in [0, 0.05) is 6.54 Å². The highest BCUT2D eigenvalue weighted by atomic mass is 16.4. The van der Waals surface area contributed by atoms with Gasteiger partial charge in [0.2, 0.25) is 0 Å². The molecule has 0 bridgehead atoms. The van der Waals surface area contributed by atoms with Crippen LogP contribution in [-0.2, 0) is 30.8 Å². The van der Waals surface area contributed by atoms with Crippen LogP contribution in [0.3, 0.4) is 0 Å². The fourth-order valence-corrected chi connectivity index (χ4v) is 3.25. The Kier molecular flexibility index (Phi) is 4.66. The molecule has 24 heavy (non-hydrogen) atoms. The maximum Gasteiger partial charge on any atom is 0.322 e. The van der Waals surface area contributed by atoms with Gasteiger partial charge in [0.1, 0.15) is 17.7 Å². The number of aliphatic carboxylic acids is 1. The average molecular weight is 328 g/mol. The van der Waals surface area contributed by atoms with Gasteiger partial charge in [0.25, 0.3) is 0 Å². The first-order valence-electron chi connectivity index (χ1n) is 8.37. The molecule has 3 rings (SSSR count). The number of carboxylic acids is 1. The number of hydrogen-bond donors (Lipinski definition) is 1. The van der Waals surface area contributed by atoms with Crippen molar-refractivity contribution in [3.63, 3.8) is 0 Å². The summed E-state index contributed by atoms with van der Waals surface area (Å²) < 4.78 is 1.90. The highest BCUT2D eigenvalue weighted by Gasteiger charge is 2.33. The van der Waals surface area contributed by atoms with Gasteiger partial charge in [-0.25, -0.2) is 0 Å². The van der Waals surface area contributed by atoms with Crippen molar-refractivity contribution in [3.8, 4) is 0 Å². The van der Waals surface area contributed by atoms with E-state index in [-0.39, 0.29) is 0 Å². The van der Waals surface area contributed by atoms with Crippen molar-refractivity contribution in [1.29, 1.82) is 0 Å². The number of fused-ring (bicyclic) bond motifs is 1. The van der Waals surface area contributed by atoms with Crippen LogP contribution >= 0.6 is 0 Å². The van der Waals surface area contributed by atoms with Gasteiger partial charge >= 0.3 is 5.97 Å². The van der Waals surface area contributed by atoms with Crippen molar-refractivity contribution in [2.24, 2.45) is 5.92 Å². The summed E-state index contributed by atoms with van der Waals surface area (Å²) in [6.07, 6.45) is 1.06. The summed E-state index contributed by atoms with van der Waals surface area (Å²) in [7, 11) is 0. The first kappa shape index (κ1) is 16.6. The van der Waals surface area contributed by atoms with Gasteiger partial charge in [-0.15, -0.1) is 10.2 Å². The quantitative estimate of drug-likeness (QED) is 0.911. The molecule has 0 radical (unpaired) electrons. The van der Waals surface area contributed by atoms with E-state index < -0.39 is 12.0 Å². The highest BCUT2D eigenvalue weighted by Crippen LogP contribution is 2.21. The Labute approximate surface area is 142 Å². The summed E-state index contributed by atoms with van der Waals surface area (Å²) in [4.78, 5) is 13.6. The molecule has 0 aliphatic carbocycles. The minimum Gasteiger partial charge on any atom is -0.480 e. The fraction of sp³-hybridized carbons (Fsp3) is 0.500. The molecule has 0 saturated carbocycles. The predicted octanol–water partition coefficient (Wildman–Crippen LogP) is 2.25. The Morgan fingerprint density at radius 2 is 1.92 bits per heavy atom. The van der Waals surface area contributed by atoms with Crippen molar-refractivity contribution in [2.45, 2.75) is 52.9 Å². The smallest absolute Gasteiger partial charge is 0.322 e.